The molecule has 1 N–H and O–H groups in total. The largest absolute Gasteiger partial charge is 0.467 e. The summed E-state index contributed by atoms with van der Waals surface area (Å²) in [4.78, 5) is 9.41. The maximum atomic E-state index is 9.50. The van der Waals surface area contributed by atoms with Gasteiger partial charge in [0.2, 0.25) is 0 Å². The second kappa shape index (κ2) is 10.1. The fourth-order valence-electron chi connectivity index (χ4n) is 3.56. The van der Waals surface area contributed by atoms with Crippen LogP contribution in [0.5, 0.6) is 0 Å². The molecule has 0 bridgehead atoms. The Kier molecular flexibility index (Phi) is 7.46. The second-order valence-corrected chi connectivity index (χ2v) is 8.46. The number of allylic oxidation sites excluding steroid dienone is 1. The number of rotatable bonds is 5. The van der Waals surface area contributed by atoms with Gasteiger partial charge in [0.15, 0.2) is 0 Å². The number of halogens is 1. The summed E-state index contributed by atoms with van der Waals surface area (Å²) in [5.41, 5.74) is 6.80. The number of hydrogen-bond acceptors (Lipinski definition) is 4. The summed E-state index contributed by atoms with van der Waals surface area (Å²) in [6.07, 6.45) is 2.65. The van der Waals surface area contributed by atoms with E-state index in [-0.39, 0.29) is 6.61 Å². The number of methoxy groups -OCH3 is 1. The Bertz CT molecular complexity index is 989. The normalized spacial score (nSPS) is 20.8. The maximum absolute atomic E-state index is 9.50. The highest BCUT2D eigenvalue weighted by Gasteiger charge is 2.17. The second-order valence-electron chi connectivity index (χ2n) is 8.05. The average molecular weight is 425 g/mol. The van der Waals surface area contributed by atoms with Crippen LogP contribution in [0.15, 0.2) is 58.0 Å². The molecule has 30 heavy (non-hydrogen) atoms. The van der Waals surface area contributed by atoms with Crippen LogP contribution in [0.25, 0.3) is 5.70 Å². The molecule has 0 spiro atoms. The number of benzene rings is 2. The summed E-state index contributed by atoms with van der Waals surface area (Å²) in [5.74, 6) is 0.629. The summed E-state index contributed by atoms with van der Waals surface area (Å²) in [6, 6.07) is 14.4. The number of amidine groups is 1. The summed E-state index contributed by atoms with van der Waals surface area (Å²) in [7, 11) is 1.58. The zero-order valence-corrected chi connectivity index (χ0v) is 18.8. The number of hydrogen-bond donors (Lipinski definition) is 1. The van der Waals surface area contributed by atoms with Crippen molar-refractivity contribution in [1.82, 2.24) is 0 Å². The summed E-state index contributed by atoms with van der Waals surface area (Å²) < 4.78 is 5.49. The third-order valence-electron chi connectivity index (χ3n) is 5.16. The highest BCUT2D eigenvalue weighted by molar-refractivity contribution is 6.32. The van der Waals surface area contributed by atoms with Gasteiger partial charge in [-0.25, -0.2) is 0 Å². The van der Waals surface area contributed by atoms with Gasteiger partial charge in [-0.2, -0.15) is 9.98 Å². The first-order valence-electron chi connectivity index (χ1n) is 10.3. The van der Waals surface area contributed by atoms with Gasteiger partial charge in [-0.3, -0.25) is 0 Å². The van der Waals surface area contributed by atoms with Crippen LogP contribution < -0.4 is 0 Å². The van der Waals surface area contributed by atoms with E-state index < -0.39 is 0 Å². The van der Waals surface area contributed by atoms with Crippen molar-refractivity contribution in [3.05, 3.63) is 75.3 Å². The van der Waals surface area contributed by atoms with Crippen LogP contribution >= 0.6 is 11.6 Å². The summed E-state index contributed by atoms with van der Waals surface area (Å²) >= 11 is 6.45. The molecule has 3 rings (SSSR count). The zero-order valence-electron chi connectivity index (χ0n) is 18.1. The summed E-state index contributed by atoms with van der Waals surface area (Å²) in [6.45, 7) is 6.46. The fourth-order valence-corrected chi connectivity index (χ4v) is 3.77. The molecule has 0 aromatic heterocycles. The smallest absolute Gasteiger partial charge is 0.316 e. The van der Waals surface area contributed by atoms with Crippen LogP contribution in [0.2, 0.25) is 5.02 Å². The van der Waals surface area contributed by atoms with Crippen molar-refractivity contribution < 1.29 is 9.84 Å². The van der Waals surface area contributed by atoms with Gasteiger partial charge < -0.3 is 9.84 Å². The predicted molar refractivity (Wildman–Crippen MR) is 125 cm³/mol. The third kappa shape index (κ3) is 5.38. The maximum Gasteiger partial charge on any atom is 0.316 e. The van der Waals surface area contributed by atoms with E-state index in [0.717, 1.165) is 52.9 Å². The minimum atomic E-state index is -0.0492. The first kappa shape index (κ1) is 22.3. The van der Waals surface area contributed by atoms with Crippen LogP contribution in [0.1, 0.15) is 55.9 Å². The van der Waals surface area contributed by atoms with Crippen molar-refractivity contribution in [2.45, 2.75) is 46.6 Å². The third-order valence-corrected chi connectivity index (χ3v) is 5.49. The Morgan fingerprint density at radius 1 is 1.03 bits per heavy atom. The summed E-state index contributed by atoms with van der Waals surface area (Å²) in [5, 5.41) is 10.1. The topological polar surface area (TPSA) is 54.2 Å². The minimum absolute atomic E-state index is 0.0492. The molecule has 1 heterocycles. The molecule has 4 nitrogen and oxygen atoms in total. The molecule has 1 aliphatic rings. The van der Waals surface area contributed by atoms with Crippen LogP contribution in [0.4, 0.5) is 0 Å². The first-order valence-corrected chi connectivity index (χ1v) is 10.7. The van der Waals surface area contributed by atoms with E-state index in [1.807, 2.05) is 12.1 Å². The van der Waals surface area contributed by atoms with Crippen molar-refractivity contribution in [3.63, 3.8) is 0 Å². The molecule has 0 aliphatic carbocycles. The average Bonchev–Trinajstić information content (AvgIpc) is 2.72. The molecule has 0 saturated carbocycles. The number of nitrogens with zero attached hydrogens (tertiary/aromatic N) is 2. The van der Waals surface area contributed by atoms with Gasteiger partial charge in [-0.05, 0) is 66.5 Å². The molecule has 0 amide bonds. The molecule has 0 atom stereocenters. The van der Waals surface area contributed by atoms with Crippen molar-refractivity contribution in [1.29, 1.82) is 0 Å². The van der Waals surface area contributed by atoms with Gasteiger partial charge in [-0.15, -0.1) is 0 Å². The Hall–Kier alpha value is -2.43. The van der Waals surface area contributed by atoms with Crippen molar-refractivity contribution in [2.24, 2.45) is 15.9 Å². The fraction of sp³-hybridized carbons (Fsp3) is 0.360. The van der Waals surface area contributed by atoms with E-state index in [0.29, 0.717) is 17.0 Å². The molecular weight excluding hydrogens is 396 g/mol. The lowest BCUT2D eigenvalue weighted by molar-refractivity contribution is 0.282. The van der Waals surface area contributed by atoms with Gasteiger partial charge in [0.1, 0.15) is 0 Å². The molecule has 5 heteroatoms. The molecule has 2 aromatic carbocycles. The van der Waals surface area contributed by atoms with Gasteiger partial charge in [0.25, 0.3) is 0 Å². The minimum Gasteiger partial charge on any atom is -0.467 e. The van der Waals surface area contributed by atoms with Crippen molar-refractivity contribution >= 4 is 29.0 Å². The van der Waals surface area contributed by atoms with Crippen LogP contribution in [0.3, 0.4) is 0 Å². The highest BCUT2D eigenvalue weighted by Crippen LogP contribution is 2.32. The van der Waals surface area contributed by atoms with Gasteiger partial charge >= 0.3 is 6.02 Å². The van der Waals surface area contributed by atoms with E-state index in [1.54, 1.807) is 13.2 Å². The standard InChI is InChI=1S/C25H29ClN2O2/c1-16(2)13-18-6-9-20(10-7-18)23-12-5-17(3)24(28-25(27-23)30-4)21-14-19(15-29)8-11-22(21)26/h6-11,14,16,29H,5,12-13,15H2,1-4H3/b24-17+,27-23+,28-25+. The molecule has 158 valence electrons. The van der Waals surface area contributed by atoms with Crippen molar-refractivity contribution in [3.8, 4) is 0 Å². The number of aliphatic hydroxyl groups is 1. The van der Waals surface area contributed by atoms with Gasteiger partial charge in [-0.1, -0.05) is 55.8 Å². The lowest BCUT2D eigenvalue weighted by Gasteiger charge is -2.16. The van der Waals surface area contributed by atoms with Crippen molar-refractivity contribution in [2.75, 3.05) is 7.11 Å². The molecule has 0 saturated heterocycles. The van der Waals surface area contributed by atoms with E-state index in [1.165, 1.54) is 5.56 Å². The molecular formula is C25H29ClN2O2. The van der Waals surface area contributed by atoms with E-state index in [4.69, 9.17) is 26.3 Å². The Morgan fingerprint density at radius 3 is 2.37 bits per heavy atom. The van der Waals surface area contributed by atoms with E-state index in [2.05, 4.69) is 45.0 Å². The molecule has 0 radical (unpaired) electrons. The lowest BCUT2D eigenvalue weighted by Crippen LogP contribution is -2.11. The monoisotopic (exact) mass is 424 g/mol. The Labute approximate surface area is 184 Å². The number of aliphatic hydroxyl groups excluding tert-OH is 1. The molecule has 0 unspecified atom stereocenters. The van der Waals surface area contributed by atoms with Crippen LogP contribution in [-0.4, -0.2) is 23.9 Å². The van der Waals surface area contributed by atoms with E-state index >= 15 is 0 Å². The molecule has 0 fully saturated rings. The number of aliphatic imine (C=N–C) groups is 2. The van der Waals surface area contributed by atoms with Gasteiger partial charge in [0.05, 0.1) is 25.1 Å². The molecule has 1 aliphatic heterocycles. The quantitative estimate of drug-likeness (QED) is 0.635. The van der Waals surface area contributed by atoms with Gasteiger partial charge in [0, 0.05) is 10.6 Å². The van der Waals surface area contributed by atoms with E-state index in [9.17, 15) is 5.11 Å². The Balaban J connectivity index is 1.97. The predicted octanol–water partition coefficient (Wildman–Crippen LogP) is 6.05. The zero-order chi connectivity index (χ0) is 21.7. The first-order chi connectivity index (χ1) is 14.4. The Morgan fingerprint density at radius 2 is 1.73 bits per heavy atom. The SMILES string of the molecule is COC1=N/C(c2cc(CO)ccc2Cl)=C(\C)CC/C(c2ccc(CC(C)C)cc2)=N\1. The molecule has 2 aromatic rings. The van der Waals surface area contributed by atoms with Crippen LogP contribution in [0, 0.1) is 5.92 Å². The lowest BCUT2D eigenvalue weighted by atomic mass is 9.96. The highest BCUT2D eigenvalue weighted by atomic mass is 35.5. The number of ether oxygens (including phenoxy) is 1. The van der Waals surface area contributed by atoms with Crippen LogP contribution in [-0.2, 0) is 17.8 Å².